The van der Waals surface area contributed by atoms with E-state index in [0.29, 0.717) is 17.0 Å². The number of hydrogen-bond acceptors (Lipinski definition) is 5. The summed E-state index contributed by atoms with van der Waals surface area (Å²) < 4.78 is 7.82. The lowest BCUT2D eigenvalue weighted by Crippen LogP contribution is -2.38. The highest BCUT2D eigenvalue weighted by atomic mass is 16.5. The van der Waals surface area contributed by atoms with Gasteiger partial charge in [0.15, 0.2) is 12.3 Å². The number of carbonyl (C=O) groups excluding carboxylic acids is 1. The number of ether oxygens (including phenoxy) is 1. The van der Waals surface area contributed by atoms with Crippen LogP contribution in [0.25, 0.3) is 11.0 Å². The van der Waals surface area contributed by atoms with Crippen molar-refractivity contribution in [2.75, 3.05) is 11.9 Å². The topological polar surface area (TPSA) is 95.2 Å². The Morgan fingerprint density at radius 1 is 1.11 bits per heavy atom. The van der Waals surface area contributed by atoms with Crippen LogP contribution in [0.4, 0.5) is 5.69 Å². The third-order valence-corrected chi connectivity index (χ3v) is 4.38. The summed E-state index contributed by atoms with van der Waals surface area (Å²) in [6.07, 6.45) is 1.51. The molecule has 3 aromatic rings. The first-order chi connectivity index (χ1) is 12.8. The van der Waals surface area contributed by atoms with E-state index in [4.69, 9.17) is 4.74 Å². The molecule has 27 heavy (non-hydrogen) atoms. The average molecular weight is 368 g/mol. The number of fused-ring (bicyclic) bond motifs is 1. The predicted octanol–water partition coefficient (Wildman–Crippen LogP) is 1.27. The molecule has 140 valence electrons. The SMILES string of the molecule is Cc1ccccc1OCC(=O)Nc1c(C)cnc2c1c(=O)n(C)c(=O)n2C. The van der Waals surface area contributed by atoms with Gasteiger partial charge in [0.05, 0.1) is 5.69 Å². The fourth-order valence-corrected chi connectivity index (χ4v) is 2.82. The van der Waals surface area contributed by atoms with Crippen LogP contribution in [0.15, 0.2) is 40.1 Å². The molecule has 1 aromatic carbocycles. The average Bonchev–Trinajstić information content (AvgIpc) is 2.65. The summed E-state index contributed by atoms with van der Waals surface area (Å²) in [5.41, 5.74) is 1.07. The number of nitrogens with one attached hydrogen (secondary N) is 1. The summed E-state index contributed by atoms with van der Waals surface area (Å²) in [7, 11) is 2.92. The number of amides is 1. The molecule has 0 aliphatic heterocycles. The molecule has 8 heteroatoms. The van der Waals surface area contributed by atoms with Crippen molar-refractivity contribution < 1.29 is 9.53 Å². The molecule has 0 unspecified atom stereocenters. The maximum atomic E-state index is 12.6. The van der Waals surface area contributed by atoms with Gasteiger partial charge in [0.25, 0.3) is 11.5 Å². The van der Waals surface area contributed by atoms with Gasteiger partial charge in [-0.05, 0) is 31.0 Å². The minimum absolute atomic E-state index is 0.184. The molecule has 0 atom stereocenters. The van der Waals surface area contributed by atoms with Crippen LogP contribution in [0.1, 0.15) is 11.1 Å². The Balaban J connectivity index is 1.96. The number of rotatable bonds is 4. The maximum absolute atomic E-state index is 12.6. The summed E-state index contributed by atoms with van der Waals surface area (Å²) in [6, 6.07) is 7.37. The molecule has 0 aliphatic carbocycles. The van der Waals surface area contributed by atoms with Crippen LogP contribution in [-0.2, 0) is 18.9 Å². The highest BCUT2D eigenvalue weighted by Gasteiger charge is 2.17. The molecule has 2 heterocycles. The Hall–Kier alpha value is -3.42. The second-order valence-corrected chi connectivity index (χ2v) is 6.32. The van der Waals surface area contributed by atoms with Crippen molar-refractivity contribution >= 4 is 22.6 Å². The quantitative estimate of drug-likeness (QED) is 0.748. The number of hydrogen-bond donors (Lipinski definition) is 1. The van der Waals surface area contributed by atoms with Gasteiger partial charge in [0.2, 0.25) is 0 Å². The number of carbonyl (C=O) groups is 1. The second kappa shape index (κ2) is 7.06. The monoisotopic (exact) mass is 368 g/mol. The van der Waals surface area contributed by atoms with E-state index in [1.165, 1.54) is 24.9 Å². The number of anilines is 1. The van der Waals surface area contributed by atoms with Gasteiger partial charge in [-0.25, -0.2) is 9.78 Å². The number of aromatic nitrogens is 3. The fraction of sp³-hybridized carbons (Fsp3) is 0.263. The molecule has 0 aliphatic rings. The predicted molar refractivity (Wildman–Crippen MR) is 102 cm³/mol. The summed E-state index contributed by atoms with van der Waals surface area (Å²) in [5.74, 6) is 0.201. The number of benzene rings is 1. The molecular weight excluding hydrogens is 348 g/mol. The summed E-state index contributed by atoms with van der Waals surface area (Å²) >= 11 is 0. The van der Waals surface area contributed by atoms with Crippen molar-refractivity contribution in [2.45, 2.75) is 13.8 Å². The van der Waals surface area contributed by atoms with Crippen molar-refractivity contribution in [3.8, 4) is 5.75 Å². The number of para-hydroxylation sites is 1. The molecule has 0 spiro atoms. The van der Waals surface area contributed by atoms with E-state index < -0.39 is 17.2 Å². The first-order valence-electron chi connectivity index (χ1n) is 8.35. The zero-order valence-corrected chi connectivity index (χ0v) is 15.6. The Morgan fingerprint density at radius 3 is 2.52 bits per heavy atom. The van der Waals surface area contributed by atoms with E-state index in [0.717, 1.165) is 10.1 Å². The zero-order chi connectivity index (χ0) is 19.7. The lowest BCUT2D eigenvalue weighted by molar-refractivity contribution is -0.118. The molecule has 3 rings (SSSR count). The molecule has 1 N–H and O–H groups in total. The Bertz CT molecular complexity index is 1160. The highest BCUT2D eigenvalue weighted by Crippen LogP contribution is 2.22. The van der Waals surface area contributed by atoms with Crippen LogP contribution in [0.2, 0.25) is 0 Å². The van der Waals surface area contributed by atoms with Gasteiger partial charge in [0.1, 0.15) is 11.1 Å². The van der Waals surface area contributed by atoms with Gasteiger partial charge >= 0.3 is 5.69 Å². The lowest BCUT2D eigenvalue weighted by atomic mass is 10.2. The minimum atomic E-state index is -0.514. The van der Waals surface area contributed by atoms with Crippen LogP contribution in [0.3, 0.4) is 0 Å². The van der Waals surface area contributed by atoms with Crippen molar-refractivity contribution in [2.24, 2.45) is 14.1 Å². The molecule has 0 saturated carbocycles. The standard InChI is InChI=1S/C19H20N4O4/c1-11-7-5-6-8-13(11)27-10-14(24)21-16-12(2)9-20-17-15(16)18(25)23(4)19(26)22(17)3/h5-9H,10H2,1-4H3,(H,20,21,24). The Morgan fingerprint density at radius 2 is 1.81 bits per heavy atom. The summed E-state index contributed by atoms with van der Waals surface area (Å²) in [6.45, 7) is 3.41. The maximum Gasteiger partial charge on any atom is 0.332 e. The summed E-state index contributed by atoms with van der Waals surface area (Å²) in [4.78, 5) is 41.3. The third kappa shape index (κ3) is 3.33. The Labute approximate surface area is 155 Å². The lowest BCUT2D eigenvalue weighted by Gasteiger charge is -2.14. The van der Waals surface area contributed by atoms with Gasteiger partial charge in [-0.1, -0.05) is 18.2 Å². The van der Waals surface area contributed by atoms with E-state index in [1.54, 1.807) is 13.0 Å². The number of pyridine rings is 1. The van der Waals surface area contributed by atoms with E-state index in [-0.39, 0.29) is 17.6 Å². The van der Waals surface area contributed by atoms with Crippen LogP contribution < -0.4 is 21.3 Å². The van der Waals surface area contributed by atoms with Gasteiger partial charge in [-0.2, -0.15) is 0 Å². The summed E-state index contributed by atoms with van der Waals surface area (Å²) in [5, 5.41) is 2.91. The van der Waals surface area contributed by atoms with Gasteiger partial charge in [-0.15, -0.1) is 0 Å². The van der Waals surface area contributed by atoms with E-state index in [9.17, 15) is 14.4 Å². The number of nitrogens with zero attached hydrogens (tertiary/aromatic N) is 3. The van der Waals surface area contributed by atoms with Crippen molar-refractivity contribution in [3.05, 3.63) is 62.4 Å². The van der Waals surface area contributed by atoms with Crippen molar-refractivity contribution in [1.29, 1.82) is 0 Å². The van der Waals surface area contributed by atoms with Crippen molar-refractivity contribution in [3.63, 3.8) is 0 Å². The normalized spacial score (nSPS) is 10.8. The van der Waals surface area contributed by atoms with Gasteiger partial charge in [-0.3, -0.25) is 18.7 Å². The van der Waals surface area contributed by atoms with E-state index in [1.807, 2.05) is 25.1 Å². The molecular formula is C19H20N4O4. The van der Waals surface area contributed by atoms with Crippen LogP contribution >= 0.6 is 0 Å². The minimum Gasteiger partial charge on any atom is -0.483 e. The molecule has 8 nitrogen and oxygen atoms in total. The van der Waals surface area contributed by atoms with Gasteiger partial charge in [0, 0.05) is 20.3 Å². The zero-order valence-electron chi connectivity index (χ0n) is 15.6. The van der Waals surface area contributed by atoms with Gasteiger partial charge < -0.3 is 10.1 Å². The third-order valence-electron chi connectivity index (χ3n) is 4.38. The van der Waals surface area contributed by atoms with Crippen LogP contribution in [0.5, 0.6) is 5.75 Å². The van der Waals surface area contributed by atoms with Crippen LogP contribution in [0, 0.1) is 13.8 Å². The van der Waals surface area contributed by atoms with Crippen LogP contribution in [-0.4, -0.2) is 26.6 Å². The largest absolute Gasteiger partial charge is 0.483 e. The molecule has 1 amide bonds. The Kier molecular flexibility index (Phi) is 4.81. The van der Waals surface area contributed by atoms with E-state index >= 15 is 0 Å². The smallest absolute Gasteiger partial charge is 0.332 e. The van der Waals surface area contributed by atoms with E-state index in [2.05, 4.69) is 10.3 Å². The first kappa shape index (κ1) is 18.4. The molecule has 2 aromatic heterocycles. The number of aryl methyl sites for hydroxylation is 3. The first-order valence-corrected chi connectivity index (χ1v) is 8.35. The molecule has 0 fully saturated rings. The second-order valence-electron chi connectivity index (χ2n) is 6.32. The molecule has 0 bridgehead atoms. The fourth-order valence-electron chi connectivity index (χ4n) is 2.82. The highest BCUT2D eigenvalue weighted by molar-refractivity contribution is 6.01. The molecule has 0 radical (unpaired) electrons. The molecule has 0 saturated heterocycles. The van der Waals surface area contributed by atoms with Crippen molar-refractivity contribution in [1.82, 2.24) is 14.1 Å².